The molecule has 0 fully saturated rings. The minimum absolute atomic E-state index is 0.0729. The summed E-state index contributed by atoms with van der Waals surface area (Å²) < 4.78 is 6.55. The molecule has 0 saturated heterocycles. The number of aryl methyl sites for hydroxylation is 1. The van der Waals surface area contributed by atoms with Gasteiger partial charge in [-0.1, -0.05) is 5.21 Å². The maximum absolute atomic E-state index is 10.7. The van der Waals surface area contributed by atoms with E-state index in [1.54, 1.807) is 13.8 Å². The molecule has 1 N–H and O–H groups in total. The first-order chi connectivity index (χ1) is 7.58. The normalized spacial score (nSPS) is 10.6. The van der Waals surface area contributed by atoms with Crippen molar-refractivity contribution in [2.24, 2.45) is 0 Å². The highest BCUT2D eigenvalue weighted by molar-refractivity contribution is 5.86. The Bertz CT molecular complexity index is 530. The van der Waals surface area contributed by atoms with E-state index in [1.165, 1.54) is 4.68 Å². The maximum atomic E-state index is 10.7. The molecule has 8 heteroatoms. The van der Waals surface area contributed by atoms with Gasteiger partial charge < -0.3 is 9.52 Å². The van der Waals surface area contributed by atoms with Gasteiger partial charge in [0.1, 0.15) is 6.54 Å². The van der Waals surface area contributed by atoms with Crippen LogP contribution in [0.4, 0.5) is 0 Å². The van der Waals surface area contributed by atoms with Gasteiger partial charge in [-0.05, 0) is 6.92 Å². The molecule has 8 nitrogen and oxygen atoms in total. The van der Waals surface area contributed by atoms with Crippen molar-refractivity contribution in [1.29, 1.82) is 0 Å². The van der Waals surface area contributed by atoms with Gasteiger partial charge in [-0.3, -0.25) is 0 Å². The fraction of sp³-hybridized carbons (Fsp3) is 0.375. The van der Waals surface area contributed by atoms with Crippen LogP contribution < -0.4 is 0 Å². The Morgan fingerprint density at radius 2 is 2.12 bits per heavy atom. The molecule has 0 saturated carbocycles. The molecule has 0 aliphatic rings. The summed E-state index contributed by atoms with van der Waals surface area (Å²) in [6, 6.07) is 0. The van der Waals surface area contributed by atoms with Crippen molar-refractivity contribution in [3.05, 3.63) is 23.2 Å². The average Bonchev–Trinajstić information content (AvgIpc) is 2.76. The molecule has 2 aromatic heterocycles. The molecule has 0 bridgehead atoms. The lowest BCUT2D eigenvalue weighted by atomic mass is 10.3. The van der Waals surface area contributed by atoms with Crippen LogP contribution in [0.3, 0.4) is 0 Å². The SMILES string of the molecule is Cc1nnc(Cn2nnc(C(=O)O)c2C)o1. The minimum atomic E-state index is -1.11. The first kappa shape index (κ1) is 10.3. The van der Waals surface area contributed by atoms with E-state index in [1.807, 2.05) is 0 Å². The number of hydrogen-bond donors (Lipinski definition) is 1. The average molecular weight is 223 g/mol. The van der Waals surface area contributed by atoms with E-state index in [-0.39, 0.29) is 12.2 Å². The number of carbonyl (C=O) groups is 1. The molecule has 0 radical (unpaired) electrons. The Morgan fingerprint density at radius 3 is 2.62 bits per heavy atom. The predicted molar refractivity (Wildman–Crippen MR) is 49.9 cm³/mol. The quantitative estimate of drug-likeness (QED) is 0.781. The number of aromatic nitrogens is 5. The van der Waals surface area contributed by atoms with Gasteiger partial charge >= 0.3 is 5.97 Å². The van der Waals surface area contributed by atoms with Crippen molar-refractivity contribution < 1.29 is 14.3 Å². The van der Waals surface area contributed by atoms with Crippen LogP contribution >= 0.6 is 0 Å². The van der Waals surface area contributed by atoms with Crippen LogP contribution in [0.1, 0.15) is 28.0 Å². The molecule has 16 heavy (non-hydrogen) atoms. The summed E-state index contributed by atoms with van der Waals surface area (Å²) >= 11 is 0. The number of rotatable bonds is 3. The smallest absolute Gasteiger partial charge is 0.358 e. The fourth-order valence-corrected chi connectivity index (χ4v) is 1.24. The van der Waals surface area contributed by atoms with Gasteiger partial charge in [0, 0.05) is 6.92 Å². The number of hydrogen-bond acceptors (Lipinski definition) is 6. The predicted octanol–water partition coefficient (Wildman–Crippen LogP) is 0.0244. The zero-order valence-corrected chi connectivity index (χ0v) is 8.71. The Morgan fingerprint density at radius 1 is 1.38 bits per heavy atom. The zero-order valence-electron chi connectivity index (χ0n) is 8.71. The lowest BCUT2D eigenvalue weighted by Crippen LogP contribution is -2.06. The van der Waals surface area contributed by atoms with E-state index in [0.29, 0.717) is 17.5 Å². The van der Waals surface area contributed by atoms with Gasteiger partial charge in [0.2, 0.25) is 11.8 Å². The molecule has 2 heterocycles. The van der Waals surface area contributed by atoms with Crippen LogP contribution in [0.5, 0.6) is 0 Å². The van der Waals surface area contributed by atoms with Gasteiger partial charge in [-0.15, -0.1) is 15.3 Å². The lowest BCUT2D eigenvalue weighted by molar-refractivity contribution is 0.0689. The van der Waals surface area contributed by atoms with Crippen LogP contribution in [0.2, 0.25) is 0 Å². The second-order valence-corrected chi connectivity index (χ2v) is 3.20. The van der Waals surface area contributed by atoms with E-state index < -0.39 is 5.97 Å². The van der Waals surface area contributed by atoms with E-state index in [4.69, 9.17) is 9.52 Å². The standard InChI is InChI=1S/C8H9N5O3/c1-4-7(8(14)15)11-12-13(4)3-6-10-9-5(2)16-6/h3H2,1-2H3,(H,14,15). The molecule has 0 amide bonds. The number of carboxylic acids is 1. The van der Waals surface area contributed by atoms with E-state index in [9.17, 15) is 4.79 Å². The Labute approximate surface area is 89.9 Å². The monoisotopic (exact) mass is 223 g/mol. The van der Waals surface area contributed by atoms with Crippen LogP contribution in [0, 0.1) is 13.8 Å². The molecule has 84 valence electrons. The van der Waals surface area contributed by atoms with E-state index >= 15 is 0 Å². The van der Waals surface area contributed by atoms with Crippen molar-refractivity contribution in [2.75, 3.05) is 0 Å². The van der Waals surface area contributed by atoms with Gasteiger partial charge in [-0.25, -0.2) is 9.48 Å². The first-order valence-corrected chi connectivity index (χ1v) is 4.50. The molecular weight excluding hydrogens is 214 g/mol. The summed E-state index contributed by atoms with van der Waals surface area (Å²) in [5.41, 5.74) is 0.375. The summed E-state index contributed by atoms with van der Waals surface area (Å²) in [7, 11) is 0. The van der Waals surface area contributed by atoms with Crippen molar-refractivity contribution in [1.82, 2.24) is 25.2 Å². The van der Waals surface area contributed by atoms with Gasteiger partial charge in [-0.2, -0.15) is 0 Å². The highest BCUT2D eigenvalue weighted by Crippen LogP contribution is 2.06. The largest absolute Gasteiger partial charge is 0.476 e. The highest BCUT2D eigenvalue weighted by Gasteiger charge is 2.16. The molecule has 2 rings (SSSR count). The Hall–Kier alpha value is -2.25. The zero-order chi connectivity index (χ0) is 11.7. The molecule has 0 unspecified atom stereocenters. The molecule has 0 aliphatic carbocycles. The summed E-state index contributed by atoms with van der Waals surface area (Å²) in [4.78, 5) is 10.7. The van der Waals surface area contributed by atoms with Gasteiger partial charge in [0.15, 0.2) is 5.69 Å². The highest BCUT2D eigenvalue weighted by atomic mass is 16.4. The third-order valence-electron chi connectivity index (χ3n) is 2.04. The number of nitrogens with zero attached hydrogens (tertiary/aromatic N) is 5. The lowest BCUT2D eigenvalue weighted by Gasteiger charge is -1.97. The van der Waals surface area contributed by atoms with E-state index in [0.717, 1.165) is 0 Å². The minimum Gasteiger partial charge on any atom is -0.476 e. The van der Waals surface area contributed by atoms with Crippen molar-refractivity contribution in [3.8, 4) is 0 Å². The molecule has 0 atom stereocenters. The summed E-state index contributed by atoms with van der Waals surface area (Å²) in [5.74, 6) is -0.292. The topological polar surface area (TPSA) is 107 Å². The van der Waals surface area contributed by atoms with Crippen LogP contribution in [0.25, 0.3) is 0 Å². The first-order valence-electron chi connectivity index (χ1n) is 4.50. The molecule has 0 aliphatic heterocycles. The van der Waals surface area contributed by atoms with Crippen molar-refractivity contribution in [2.45, 2.75) is 20.4 Å². The van der Waals surface area contributed by atoms with E-state index in [2.05, 4.69) is 20.5 Å². The maximum Gasteiger partial charge on any atom is 0.358 e. The molecular formula is C8H9N5O3. The fourth-order valence-electron chi connectivity index (χ4n) is 1.24. The van der Waals surface area contributed by atoms with Gasteiger partial charge in [0.05, 0.1) is 5.69 Å². The number of carboxylic acid groups (broad SMARTS) is 1. The second-order valence-electron chi connectivity index (χ2n) is 3.20. The Balaban J connectivity index is 2.25. The van der Waals surface area contributed by atoms with Crippen molar-refractivity contribution >= 4 is 5.97 Å². The molecule has 2 aromatic rings. The third-order valence-corrected chi connectivity index (χ3v) is 2.04. The summed E-state index contributed by atoms with van der Waals surface area (Å²) in [6.07, 6.45) is 0. The Kier molecular flexibility index (Phi) is 2.39. The molecule has 0 spiro atoms. The van der Waals surface area contributed by atoms with Crippen LogP contribution in [0.15, 0.2) is 4.42 Å². The molecule has 0 aromatic carbocycles. The van der Waals surface area contributed by atoms with Crippen molar-refractivity contribution in [3.63, 3.8) is 0 Å². The van der Waals surface area contributed by atoms with Crippen LogP contribution in [-0.4, -0.2) is 36.3 Å². The second kappa shape index (κ2) is 3.72. The third kappa shape index (κ3) is 1.76. The summed E-state index contributed by atoms with van der Waals surface area (Å²) in [5, 5.41) is 23.5. The summed E-state index contributed by atoms with van der Waals surface area (Å²) in [6.45, 7) is 3.51. The van der Waals surface area contributed by atoms with Crippen LogP contribution in [-0.2, 0) is 6.54 Å². The van der Waals surface area contributed by atoms with Gasteiger partial charge in [0.25, 0.3) is 0 Å². The number of aromatic carboxylic acids is 1.